The van der Waals surface area contributed by atoms with Crippen LogP contribution in [0.1, 0.15) is 5.69 Å². The standard InChI is InChI=1S/C20H17ClFN7O3/c1-11-6-24-17(8-23-11)28-19(30)16(9-31-2)32-20-13-7-27-29(18(13)25-10-26-20)15-4-3-12(22)5-14(15)21/h3-8,10,16H,9H2,1-2H3,(H,24,28,30). The van der Waals surface area contributed by atoms with Gasteiger partial charge in [0.1, 0.15) is 17.5 Å². The maximum Gasteiger partial charge on any atom is 0.269 e. The van der Waals surface area contributed by atoms with E-state index in [0.717, 1.165) is 0 Å². The molecule has 164 valence electrons. The fourth-order valence-electron chi connectivity index (χ4n) is 2.86. The van der Waals surface area contributed by atoms with Crippen molar-refractivity contribution >= 4 is 34.4 Å². The number of fused-ring (bicyclic) bond motifs is 1. The van der Waals surface area contributed by atoms with Gasteiger partial charge in [0.15, 0.2) is 11.5 Å². The van der Waals surface area contributed by atoms with Gasteiger partial charge in [0.25, 0.3) is 5.91 Å². The number of carbonyl (C=O) groups is 1. The lowest BCUT2D eigenvalue weighted by Gasteiger charge is -2.17. The highest BCUT2D eigenvalue weighted by molar-refractivity contribution is 6.32. The number of ether oxygens (including phenoxy) is 2. The molecule has 0 bridgehead atoms. The van der Waals surface area contributed by atoms with Gasteiger partial charge in [-0.05, 0) is 25.1 Å². The van der Waals surface area contributed by atoms with Crippen molar-refractivity contribution in [3.8, 4) is 11.6 Å². The largest absolute Gasteiger partial charge is 0.461 e. The first-order valence-corrected chi connectivity index (χ1v) is 9.73. The minimum atomic E-state index is -1.04. The van der Waals surface area contributed by atoms with E-state index in [4.69, 9.17) is 21.1 Å². The van der Waals surface area contributed by atoms with Gasteiger partial charge in [0.05, 0.1) is 41.6 Å². The van der Waals surface area contributed by atoms with Gasteiger partial charge < -0.3 is 14.8 Å². The van der Waals surface area contributed by atoms with Crippen molar-refractivity contribution in [3.63, 3.8) is 0 Å². The van der Waals surface area contributed by atoms with E-state index >= 15 is 0 Å². The number of benzene rings is 1. The number of aromatic nitrogens is 6. The first kappa shape index (κ1) is 21.5. The molecule has 32 heavy (non-hydrogen) atoms. The Morgan fingerprint density at radius 2 is 2.06 bits per heavy atom. The Balaban J connectivity index is 1.62. The average molecular weight is 458 g/mol. The summed E-state index contributed by atoms with van der Waals surface area (Å²) < 4.78 is 25.8. The van der Waals surface area contributed by atoms with Gasteiger partial charge in [0, 0.05) is 7.11 Å². The molecule has 4 rings (SSSR count). The van der Waals surface area contributed by atoms with Crippen LogP contribution in [0.25, 0.3) is 16.7 Å². The number of aryl methyl sites for hydroxylation is 1. The maximum absolute atomic E-state index is 13.4. The van der Waals surface area contributed by atoms with E-state index in [9.17, 15) is 9.18 Å². The second kappa shape index (κ2) is 9.20. The molecule has 4 aromatic rings. The first-order valence-electron chi connectivity index (χ1n) is 9.35. The van der Waals surface area contributed by atoms with Crippen molar-refractivity contribution in [2.45, 2.75) is 13.0 Å². The van der Waals surface area contributed by atoms with E-state index in [-0.39, 0.29) is 23.3 Å². The van der Waals surface area contributed by atoms with Crippen LogP contribution in [0.5, 0.6) is 5.88 Å². The van der Waals surface area contributed by atoms with Crippen LogP contribution in [0.4, 0.5) is 10.2 Å². The monoisotopic (exact) mass is 457 g/mol. The zero-order chi connectivity index (χ0) is 22.7. The Labute approximate surface area is 186 Å². The second-order valence-corrected chi connectivity index (χ2v) is 7.07. The van der Waals surface area contributed by atoms with Crippen molar-refractivity contribution in [2.75, 3.05) is 19.0 Å². The molecule has 0 aliphatic heterocycles. The summed E-state index contributed by atoms with van der Waals surface area (Å²) in [6, 6.07) is 3.92. The highest BCUT2D eigenvalue weighted by Gasteiger charge is 2.24. The van der Waals surface area contributed by atoms with Crippen LogP contribution in [0, 0.1) is 12.7 Å². The quantitative estimate of drug-likeness (QED) is 0.450. The molecule has 0 aliphatic rings. The van der Waals surface area contributed by atoms with E-state index in [2.05, 4.69) is 30.4 Å². The molecule has 10 nitrogen and oxygen atoms in total. The fraction of sp³-hybridized carbons (Fsp3) is 0.200. The van der Waals surface area contributed by atoms with Crippen molar-refractivity contribution in [1.82, 2.24) is 29.7 Å². The molecule has 3 aromatic heterocycles. The highest BCUT2D eigenvalue weighted by Crippen LogP contribution is 2.27. The number of nitrogens with zero attached hydrogens (tertiary/aromatic N) is 6. The fourth-order valence-corrected chi connectivity index (χ4v) is 3.11. The molecule has 0 fully saturated rings. The van der Waals surface area contributed by atoms with Gasteiger partial charge in [0.2, 0.25) is 12.0 Å². The van der Waals surface area contributed by atoms with Crippen LogP contribution in [-0.4, -0.2) is 55.4 Å². The topological polar surface area (TPSA) is 117 Å². The molecule has 12 heteroatoms. The van der Waals surface area contributed by atoms with Crippen LogP contribution in [-0.2, 0) is 9.53 Å². The number of rotatable bonds is 7. The van der Waals surface area contributed by atoms with Crippen molar-refractivity contribution < 1.29 is 18.7 Å². The minimum Gasteiger partial charge on any atom is -0.461 e. The Morgan fingerprint density at radius 1 is 1.22 bits per heavy atom. The van der Waals surface area contributed by atoms with E-state index in [1.165, 1.54) is 54.9 Å². The third-order valence-electron chi connectivity index (χ3n) is 4.36. The van der Waals surface area contributed by atoms with Gasteiger partial charge in [-0.1, -0.05) is 11.6 Å². The van der Waals surface area contributed by atoms with Crippen LogP contribution in [0.2, 0.25) is 5.02 Å². The number of hydrogen-bond acceptors (Lipinski definition) is 8. The molecule has 1 aromatic carbocycles. The zero-order valence-corrected chi connectivity index (χ0v) is 17.7. The summed E-state index contributed by atoms with van der Waals surface area (Å²) in [5, 5.41) is 7.49. The zero-order valence-electron chi connectivity index (χ0n) is 17.0. The SMILES string of the molecule is COCC(Oc1ncnc2c1cnn2-c1ccc(F)cc1Cl)C(=O)Nc1cnc(C)cn1. The summed E-state index contributed by atoms with van der Waals surface area (Å²) in [5.41, 5.74) is 1.51. The lowest BCUT2D eigenvalue weighted by Crippen LogP contribution is -2.37. The van der Waals surface area contributed by atoms with E-state index in [0.29, 0.717) is 22.4 Å². The van der Waals surface area contributed by atoms with Crippen molar-refractivity contribution in [2.24, 2.45) is 0 Å². The average Bonchev–Trinajstić information content (AvgIpc) is 3.20. The Bertz CT molecular complexity index is 1270. The molecule has 3 heterocycles. The molecule has 1 atom stereocenters. The van der Waals surface area contributed by atoms with Crippen LogP contribution in [0.3, 0.4) is 0 Å². The smallest absolute Gasteiger partial charge is 0.269 e. The number of anilines is 1. The third kappa shape index (κ3) is 4.48. The van der Waals surface area contributed by atoms with Gasteiger partial charge >= 0.3 is 0 Å². The van der Waals surface area contributed by atoms with E-state index in [1.54, 1.807) is 6.92 Å². The summed E-state index contributed by atoms with van der Waals surface area (Å²) in [6.07, 6.45) is 4.66. The van der Waals surface area contributed by atoms with Gasteiger partial charge in [-0.3, -0.25) is 9.78 Å². The third-order valence-corrected chi connectivity index (χ3v) is 4.67. The lowest BCUT2D eigenvalue weighted by atomic mass is 10.3. The number of carbonyl (C=O) groups excluding carboxylic acids is 1. The van der Waals surface area contributed by atoms with Gasteiger partial charge in [-0.15, -0.1) is 0 Å². The van der Waals surface area contributed by atoms with Gasteiger partial charge in [-0.2, -0.15) is 5.10 Å². The highest BCUT2D eigenvalue weighted by atomic mass is 35.5. The summed E-state index contributed by atoms with van der Waals surface area (Å²) in [5.74, 6) is -0.574. The lowest BCUT2D eigenvalue weighted by molar-refractivity contribution is -0.125. The van der Waals surface area contributed by atoms with E-state index in [1.807, 2.05) is 0 Å². The number of methoxy groups -OCH3 is 1. The summed E-state index contributed by atoms with van der Waals surface area (Å²) in [4.78, 5) is 29.3. The van der Waals surface area contributed by atoms with Crippen molar-refractivity contribution in [1.29, 1.82) is 0 Å². The van der Waals surface area contributed by atoms with Crippen LogP contribution < -0.4 is 10.1 Å². The molecule has 1 N–H and O–H groups in total. The van der Waals surface area contributed by atoms with Crippen LogP contribution >= 0.6 is 11.6 Å². The molecule has 0 saturated heterocycles. The summed E-state index contributed by atoms with van der Waals surface area (Å²) >= 11 is 6.16. The van der Waals surface area contributed by atoms with Crippen LogP contribution in [0.15, 0.2) is 43.1 Å². The Morgan fingerprint density at radius 3 is 2.78 bits per heavy atom. The first-order chi connectivity index (χ1) is 15.5. The normalized spacial score (nSPS) is 12.0. The maximum atomic E-state index is 13.4. The van der Waals surface area contributed by atoms with E-state index < -0.39 is 17.8 Å². The molecule has 1 unspecified atom stereocenters. The van der Waals surface area contributed by atoms with Crippen molar-refractivity contribution in [3.05, 3.63) is 59.7 Å². The Kier molecular flexibility index (Phi) is 6.19. The molecule has 0 spiro atoms. The number of hydrogen-bond donors (Lipinski definition) is 1. The summed E-state index contributed by atoms with van der Waals surface area (Å²) in [6.45, 7) is 1.74. The molecule has 0 radical (unpaired) electrons. The number of amides is 1. The molecule has 0 saturated carbocycles. The number of halogens is 2. The predicted octanol–water partition coefficient (Wildman–Crippen LogP) is 2.74. The minimum absolute atomic E-state index is 0.0471. The second-order valence-electron chi connectivity index (χ2n) is 6.66. The molecule has 1 amide bonds. The van der Waals surface area contributed by atoms with Gasteiger partial charge in [-0.25, -0.2) is 24.0 Å². The summed E-state index contributed by atoms with van der Waals surface area (Å²) in [7, 11) is 1.44. The molecular weight excluding hydrogens is 441 g/mol. The Hall–Kier alpha value is -3.70. The molecular formula is C20H17ClFN7O3. The molecule has 0 aliphatic carbocycles. The predicted molar refractivity (Wildman–Crippen MR) is 113 cm³/mol. The number of nitrogens with one attached hydrogen (secondary N) is 1.